The maximum atomic E-state index is 6.93. The summed E-state index contributed by atoms with van der Waals surface area (Å²) in [5.41, 5.74) is 7.62. The molecule has 0 saturated heterocycles. The number of hydrogen-bond acceptors (Lipinski definition) is 4. The monoisotopic (exact) mass is 433 g/mol. The van der Waals surface area contributed by atoms with E-state index in [1.54, 1.807) is 7.11 Å². The molecule has 0 spiro atoms. The highest BCUT2D eigenvalue weighted by Gasteiger charge is 2.20. The predicted molar refractivity (Wildman–Crippen MR) is 126 cm³/mol. The van der Waals surface area contributed by atoms with Gasteiger partial charge in [-0.3, -0.25) is 4.98 Å². The number of nitrogens with one attached hydrogen (secondary N) is 1. The Labute approximate surface area is 189 Å². The number of ether oxygens (including phenoxy) is 1. The number of aromatic nitrogens is 2. The third-order valence-corrected chi connectivity index (χ3v) is 7.07. The van der Waals surface area contributed by atoms with Gasteiger partial charge in [0.15, 0.2) is 0 Å². The van der Waals surface area contributed by atoms with Crippen molar-refractivity contribution in [2.24, 2.45) is 5.92 Å². The van der Waals surface area contributed by atoms with Gasteiger partial charge in [-0.25, -0.2) is 4.98 Å². The van der Waals surface area contributed by atoms with Crippen molar-refractivity contribution in [1.82, 2.24) is 15.3 Å². The lowest BCUT2D eigenvalue weighted by Crippen LogP contribution is -2.27. The Hall–Kier alpha value is -2.43. The van der Waals surface area contributed by atoms with E-state index in [0.717, 1.165) is 52.8 Å². The van der Waals surface area contributed by atoms with Crippen LogP contribution in [0.25, 0.3) is 22.4 Å². The molecule has 160 valence electrons. The number of halogens is 1. The maximum absolute atomic E-state index is 6.93. The van der Waals surface area contributed by atoms with Crippen LogP contribution in [0.5, 0.6) is 5.88 Å². The van der Waals surface area contributed by atoms with Gasteiger partial charge < -0.3 is 10.1 Å². The van der Waals surface area contributed by atoms with Crippen LogP contribution in [0, 0.1) is 5.92 Å². The lowest BCUT2D eigenvalue weighted by atomic mass is 9.85. The van der Waals surface area contributed by atoms with E-state index in [1.807, 2.05) is 18.3 Å². The summed E-state index contributed by atoms with van der Waals surface area (Å²) in [4.78, 5) is 9.41. The van der Waals surface area contributed by atoms with Gasteiger partial charge in [-0.2, -0.15) is 0 Å². The Morgan fingerprint density at radius 1 is 1.03 bits per heavy atom. The first-order valence-electron chi connectivity index (χ1n) is 11.2. The molecule has 0 unspecified atom stereocenters. The molecular weight excluding hydrogens is 406 g/mol. The number of rotatable bonds is 7. The van der Waals surface area contributed by atoms with Crippen LogP contribution >= 0.6 is 11.6 Å². The van der Waals surface area contributed by atoms with Crippen molar-refractivity contribution < 1.29 is 4.74 Å². The van der Waals surface area contributed by atoms with Crippen molar-refractivity contribution in [3.8, 4) is 28.3 Å². The molecule has 0 radical (unpaired) electrons. The fourth-order valence-electron chi connectivity index (χ4n) is 4.71. The van der Waals surface area contributed by atoms with Crippen LogP contribution in [0.4, 0.5) is 0 Å². The van der Waals surface area contributed by atoms with Gasteiger partial charge >= 0.3 is 0 Å². The van der Waals surface area contributed by atoms with E-state index in [1.165, 1.54) is 42.4 Å². The quantitative estimate of drug-likeness (QED) is 0.507. The molecule has 5 heteroatoms. The molecular formula is C26H28ClN3O. The van der Waals surface area contributed by atoms with Crippen LogP contribution in [0.3, 0.4) is 0 Å². The molecule has 2 aliphatic rings. The van der Waals surface area contributed by atoms with Crippen LogP contribution in [0.15, 0.2) is 42.6 Å². The minimum atomic E-state index is 0.556. The van der Waals surface area contributed by atoms with Gasteiger partial charge in [0, 0.05) is 17.7 Å². The Kier molecular flexibility index (Phi) is 5.93. The van der Waals surface area contributed by atoms with Crippen LogP contribution in [-0.4, -0.2) is 23.6 Å². The number of methoxy groups -OCH3 is 1. The average Bonchev–Trinajstić information content (AvgIpc) is 3.25. The van der Waals surface area contributed by atoms with Crippen molar-refractivity contribution in [3.63, 3.8) is 0 Å². The molecule has 3 aromatic rings. The summed E-state index contributed by atoms with van der Waals surface area (Å²) in [6.45, 7) is 1.69. The van der Waals surface area contributed by atoms with E-state index in [2.05, 4.69) is 34.6 Å². The molecule has 1 saturated carbocycles. The molecule has 5 rings (SSSR count). The summed E-state index contributed by atoms with van der Waals surface area (Å²) in [6.07, 6.45) is 9.30. The zero-order chi connectivity index (χ0) is 21.2. The van der Waals surface area contributed by atoms with Crippen LogP contribution < -0.4 is 10.1 Å². The molecule has 31 heavy (non-hydrogen) atoms. The first-order chi connectivity index (χ1) is 15.2. The molecule has 0 amide bonds. The van der Waals surface area contributed by atoms with Crippen LogP contribution in [-0.2, 0) is 19.4 Å². The minimum Gasteiger partial charge on any atom is -0.480 e. The summed E-state index contributed by atoms with van der Waals surface area (Å²) in [5.74, 6) is 1.36. The summed E-state index contributed by atoms with van der Waals surface area (Å²) in [6, 6.07) is 12.7. The Bertz CT molecular complexity index is 1090. The number of hydrogen-bond donors (Lipinski definition) is 1. The summed E-state index contributed by atoms with van der Waals surface area (Å²) >= 11 is 6.93. The minimum absolute atomic E-state index is 0.556. The van der Waals surface area contributed by atoms with Gasteiger partial charge in [0.2, 0.25) is 5.88 Å². The van der Waals surface area contributed by atoms with E-state index in [4.69, 9.17) is 21.3 Å². The third-order valence-electron chi connectivity index (χ3n) is 6.67. The van der Waals surface area contributed by atoms with Crippen molar-refractivity contribution in [2.75, 3.05) is 13.7 Å². The second-order valence-electron chi connectivity index (χ2n) is 8.60. The SMILES string of the molecule is COc1nc(-c2cccc(-c3cccc4c3CCC4)c2Cl)cnc1CNCC1CCC1. The van der Waals surface area contributed by atoms with Crippen molar-refractivity contribution in [1.29, 1.82) is 0 Å². The van der Waals surface area contributed by atoms with Gasteiger partial charge in [-0.1, -0.05) is 54.4 Å². The van der Waals surface area contributed by atoms with Gasteiger partial charge in [0.1, 0.15) is 5.69 Å². The molecule has 1 aromatic heterocycles. The van der Waals surface area contributed by atoms with E-state index in [0.29, 0.717) is 12.4 Å². The second-order valence-corrected chi connectivity index (χ2v) is 8.98. The molecule has 0 bridgehead atoms. The molecule has 2 aliphatic carbocycles. The lowest BCUT2D eigenvalue weighted by Gasteiger charge is -2.25. The number of fused-ring (bicyclic) bond motifs is 1. The lowest BCUT2D eigenvalue weighted by molar-refractivity contribution is 0.299. The fourth-order valence-corrected chi connectivity index (χ4v) is 5.04. The van der Waals surface area contributed by atoms with Gasteiger partial charge in [0.05, 0.1) is 24.0 Å². The molecule has 4 nitrogen and oxygen atoms in total. The number of aryl methyl sites for hydroxylation is 1. The second kappa shape index (κ2) is 8.97. The molecule has 2 aromatic carbocycles. The largest absolute Gasteiger partial charge is 0.480 e. The zero-order valence-corrected chi connectivity index (χ0v) is 18.7. The highest BCUT2D eigenvalue weighted by molar-refractivity contribution is 6.36. The average molecular weight is 434 g/mol. The Morgan fingerprint density at radius 3 is 2.65 bits per heavy atom. The fraction of sp³-hybridized carbons (Fsp3) is 0.385. The first kappa shape index (κ1) is 20.5. The zero-order valence-electron chi connectivity index (χ0n) is 18.0. The third kappa shape index (κ3) is 4.07. The van der Waals surface area contributed by atoms with Gasteiger partial charge in [0.25, 0.3) is 0 Å². The standard InChI is InChI=1S/C26H28ClN3O/c1-31-26-24(15-28-14-17-6-2-7-17)29-16-23(30-26)22-13-5-12-21(25(22)27)20-11-4-9-18-8-3-10-19(18)20/h4-5,9,11-13,16-17,28H,2-3,6-8,10,14-15H2,1H3. The molecule has 0 aliphatic heterocycles. The first-order valence-corrected chi connectivity index (χ1v) is 11.6. The van der Waals surface area contributed by atoms with Crippen molar-refractivity contribution in [3.05, 3.63) is 64.4 Å². The number of nitrogens with zero attached hydrogens (tertiary/aromatic N) is 2. The summed E-state index contributed by atoms with van der Waals surface area (Å²) in [7, 11) is 1.65. The summed E-state index contributed by atoms with van der Waals surface area (Å²) < 4.78 is 5.56. The predicted octanol–water partition coefficient (Wildman–Crippen LogP) is 5.85. The Balaban J connectivity index is 1.44. The van der Waals surface area contributed by atoms with Crippen LogP contribution in [0.1, 0.15) is 42.5 Å². The maximum Gasteiger partial charge on any atom is 0.237 e. The molecule has 0 atom stereocenters. The van der Waals surface area contributed by atoms with Crippen molar-refractivity contribution in [2.45, 2.75) is 45.1 Å². The van der Waals surface area contributed by atoms with Crippen LogP contribution in [0.2, 0.25) is 5.02 Å². The number of benzene rings is 2. The van der Waals surface area contributed by atoms with E-state index >= 15 is 0 Å². The topological polar surface area (TPSA) is 47.0 Å². The molecule has 1 N–H and O–H groups in total. The highest BCUT2D eigenvalue weighted by atomic mass is 35.5. The normalized spacial score (nSPS) is 15.5. The van der Waals surface area contributed by atoms with E-state index < -0.39 is 0 Å². The molecule has 1 heterocycles. The smallest absolute Gasteiger partial charge is 0.237 e. The molecule has 1 fully saturated rings. The highest BCUT2D eigenvalue weighted by Crippen LogP contribution is 2.40. The summed E-state index contributed by atoms with van der Waals surface area (Å²) in [5, 5.41) is 4.21. The van der Waals surface area contributed by atoms with E-state index in [9.17, 15) is 0 Å². The Morgan fingerprint density at radius 2 is 1.84 bits per heavy atom. The van der Waals surface area contributed by atoms with Crippen molar-refractivity contribution >= 4 is 11.6 Å². The van der Waals surface area contributed by atoms with E-state index in [-0.39, 0.29) is 0 Å². The van der Waals surface area contributed by atoms with Gasteiger partial charge in [-0.15, -0.1) is 0 Å². The van der Waals surface area contributed by atoms with Gasteiger partial charge in [-0.05, 0) is 61.3 Å².